The first-order valence-corrected chi connectivity index (χ1v) is 6.74. The molecular formula is C8H25N2O3PSi. The fourth-order valence-corrected chi connectivity index (χ4v) is 2.94. The van der Waals surface area contributed by atoms with E-state index in [-0.39, 0.29) is 9.90 Å². The van der Waals surface area contributed by atoms with E-state index in [1.807, 2.05) is 0 Å². The smallest absolute Gasteiger partial charge is 0.377 e. The molecule has 94 valence electrons. The van der Waals surface area contributed by atoms with Crippen LogP contribution in [0.4, 0.5) is 0 Å². The summed E-state index contributed by atoms with van der Waals surface area (Å²) >= 11 is 0. The molecule has 1 atom stereocenters. The molecular weight excluding hydrogens is 231 g/mol. The molecule has 0 amide bonds. The summed E-state index contributed by atoms with van der Waals surface area (Å²) in [6.07, 6.45) is 0.974. The average Bonchev–Trinajstić information content (AvgIpc) is 2.24. The lowest BCUT2D eigenvalue weighted by molar-refractivity contribution is 0.123. The second-order valence-corrected chi connectivity index (χ2v) is 6.03. The number of hydrogen-bond acceptors (Lipinski definition) is 5. The molecule has 0 heterocycles. The molecule has 0 aliphatic heterocycles. The highest BCUT2D eigenvalue weighted by Crippen LogP contribution is 2.13. The molecule has 3 N–H and O–H groups in total. The predicted molar refractivity (Wildman–Crippen MR) is 69.2 cm³/mol. The molecule has 0 rings (SSSR count). The van der Waals surface area contributed by atoms with Gasteiger partial charge in [0, 0.05) is 40.5 Å². The third kappa shape index (κ3) is 7.35. The summed E-state index contributed by atoms with van der Waals surface area (Å²) in [7, 11) is 2.55. The molecule has 7 heteroatoms. The maximum Gasteiger partial charge on any atom is 0.500 e. The van der Waals surface area contributed by atoms with E-state index in [1.165, 1.54) is 0 Å². The lowest BCUT2D eigenvalue weighted by Crippen LogP contribution is -2.43. The lowest BCUT2D eigenvalue weighted by Gasteiger charge is -2.24. The standard InChI is InChI=1S/C8H22N2O3Si.H3P/c1-11-14(12-2,13-3)8-4-6-10-7-5-9;/h10H,4-9H2,1-3H3;1H3. The van der Waals surface area contributed by atoms with E-state index >= 15 is 0 Å². The summed E-state index contributed by atoms with van der Waals surface area (Å²) < 4.78 is 15.9. The van der Waals surface area contributed by atoms with E-state index in [0.29, 0.717) is 6.54 Å². The molecule has 0 aliphatic carbocycles. The van der Waals surface area contributed by atoms with Crippen LogP contribution >= 0.6 is 9.90 Å². The molecule has 1 unspecified atom stereocenters. The van der Waals surface area contributed by atoms with Crippen molar-refractivity contribution in [1.82, 2.24) is 5.32 Å². The van der Waals surface area contributed by atoms with Gasteiger partial charge >= 0.3 is 8.80 Å². The monoisotopic (exact) mass is 256 g/mol. The SMILES string of the molecule is CO[Si](CCCNCCN)(OC)OC.P. The van der Waals surface area contributed by atoms with Crippen molar-refractivity contribution in [3.63, 3.8) is 0 Å². The summed E-state index contributed by atoms with van der Waals surface area (Å²) in [6, 6.07) is 0.827. The van der Waals surface area contributed by atoms with Gasteiger partial charge in [-0.15, -0.1) is 0 Å². The first-order valence-electron chi connectivity index (χ1n) is 4.81. The van der Waals surface area contributed by atoms with Crippen LogP contribution in [-0.2, 0) is 13.3 Å². The van der Waals surface area contributed by atoms with Crippen molar-refractivity contribution in [3.8, 4) is 0 Å². The highest BCUT2D eigenvalue weighted by molar-refractivity contribution is 6.92. The molecule has 0 bridgehead atoms. The summed E-state index contributed by atoms with van der Waals surface area (Å²) in [6.45, 7) is 2.44. The molecule has 0 fully saturated rings. The van der Waals surface area contributed by atoms with Crippen molar-refractivity contribution >= 4 is 18.7 Å². The van der Waals surface area contributed by atoms with Crippen molar-refractivity contribution in [2.75, 3.05) is 41.0 Å². The van der Waals surface area contributed by atoms with Crippen LogP contribution < -0.4 is 11.1 Å². The zero-order valence-corrected chi connectivity index (χ0v) is 12.5. The Labute approximate surface area is 97.0 Å². The number of hydrogen-bond donors (Lipinski definition) is 2. The maximum absolute atomic E-state index is 5.35. The van der Waals surface area contributed by atoms with E-state index in [4.69, 9.17) is 19.0 Å². The lowest BCUT2D eigenvalue weighted by atomic mass is 10.5. The number of nitrogens with one attached hydrogen (secondary N) is 1. The molecule has 15 heavy (non-hydrogen) atoms. The van der Waals surface area contributed by atoms with Gasteiger partial charge in [0.15, 0.2) is 0 Å². The van der Waals surface area contributed by atoms with Crippen molar-refractivity contribution in [3.05, 3.63) is 0 Å². The van der Waals surface area contributed by atoms with E-state index in [2.05, 4.69) is 5.32 Å². The summed E-state index contributed by atoms with van der Waals surface area (Å²) in [4.78, 5) is 0. The van der Waals surface area contributed by atoms with Crippen molar-refractivity contribution < 1.29 is 13.3 Å². The van der Waals surface area contributed by atoms with Crippen LogP contribution in [0.5, 0.6) is 0 Å². The molecule has 0 aliphatic rings. The molecule has 0 spiro atoms. The van der Waals surface area contributed by atoms with E-state index in [1.54, 1.807) is 21.3 Å². The molecule has 0 saturated heterocycles. The fourth-order valence-electron chi connectivity index (χ4n) is 1.21. The minimum Gasteiger partial charge on any atom is -0.377 e. The summed E-state index contributed by atoms with van der Waals surface area (Å²) in [5.74, 6) is 0. The molecule has 0 saturated carbocycles. The Morgan fingerprint density at radius 1 is 1.07 bits per heavy atom. The quantitative estimate of drug-likeness (QED) is 0.341. The van der Waals surface area contributed by atoms with Crippen molar-refractivity contribution in [2.45, 2.75) is 12.5 Å². The third-order valence-electron chi connectivity index (χ3n) is 2.09. The van der Waals surface area contributed by atoms with E-state index in [0.717, 1.165) is 25.6 Å². The first kappa shape index (κ1) is 17.8. The predicted octanol–water partition coefficient (Wildman–Crippen LogP) is -0.139. The van der Waals surface area contributed by atoms with Crippen LogP contribution in [0.2, 0.25) is 6.04 Å². The normalized spacial score (nSPS) is 11.2. The van der Waals surface area contributed by atoms with Crippen molar-refractivity contribution in [2.24, 2.45) is 5.73 Å². The van der Waals surface area contributed by atoms with Crippen LogP contribution in [0.3, 0.4) is 0 Å². The molecule has 0 radical (unpaired) electrons. The van der Waals surface area contributed by atoms with Crippen LogP contribution in [0, 0.1) is 0 Å². The molecule has 0 aromatic heterocycles. The largest absolute Gasteiger partial charge is 0.500 e. The minimum atomic E-state index is -2.35. The van der Waals surface area contributed by atoms with Crippen LogP contribution in [0.1, 0.15) is 6.42 Å². The van der Waals surface area contributed by atoms with Gasteiger partial charge in [-0.1, -0.05) is 0 Å². The van der Waals surface area contributed by atoms with E-state index < -0.39 is 8.80 Å². The fraction of sp³-hybridized carbons (Fsp3) is 1.00. The Bertz CT molecular complexity index is 131. The molecule has 0 aromatic rings. The van der Waals surface area contributed by atoms with Crippen LogP contribution in [-0.4, -0.2) is 49.8 Å². The van der Waals surface area contributed by atoms with Crippen molar-refractivity contribution in [1.29, 1.82) is 0 Å². The number of nitrogens with two attached hydrogens (primary N) is 1. The Morgan fingerprint density at radius 2 is 1.60 bits per heavy atom. The zero-order valence-electron chi connectivity index (χ0n) is 10.0. The summed E-state index contributed by atoms with van der Waals surface area (Å²) in [5.41, 5.74) is 5.35. The minimum absolute atomic E-state index is 0. The van der Waals surface area contributed by atoms with Gasteiger partial charge < -0.3 is 24.3 Å². The Hall–Kier alpha value is 0.447. The summed E-state index contributed by atoms with van der Waals surface area (Å²) in [5, 5.41) is 3.21. The van der Waals surface area contributed by atoms with Gasteiger partial charge in [-0.2, -0.15) is 9.90 Å². The van der Waals surface area contributed by atoms with Crippen LogP contribution in [0.15, 0.2) is 0 Å². The van der Waals surface area contributed by atoms with Gasteiger partial charge in [0.05, 0.1) is 0 Å². The average molecular weight is 256 g/mol. The van der Waals surface area contributed by atoms with Gasteiger partial charge in [0.2, 0.25) is 0 Å². The second-order valence-electron chi connectivity index (χ2n) is 2.94. The highest BCUT2D eigenvalue weighted by atomic mass is 31.0. The Balaban J connectivity index is 0. The molecule has 5 nitrogen and oxygen atoms in total. The molecule has 0 aromatic carbocycles. The zero-order chi connectivity index (χ0) is 10.9. The Morgan fingerprint density at radius 3 is 2.00 bits per heavy atom. The number of rotatable bonds is 9. The van der Waals surface area contributed by atoms with Gasteiger partial charge in [-0.05, 0) is 13.0 Å². The van der Waals surface area contributed by atoms with Gasteiger partial charge in [-0.25, -0.2) is 0 Å². The van der Waals surface area contributed by atoms with Gasteiger partial charge in [0.25, 0.3) is 0 Å². The second kappa shape index (κ2) is 10.9. The van der Waals surface area contributed by atoms with Gasteiger partial charge in [0.1, 0.15) is 0 Å². The highest BCUT2D eigenvalue weighted by Gasteiger charge is 2.36. The third-order valence-corrected chi connectivity index (χ3v) is 4.92. The maximum atomic E-state index is 5.35. The van der Waals surface area contributed by atoms with Gasteiger partial charge in [-0.3, -0.25) is 0 Å². The van der Waals surface area contributed by atoms with Crippen LogP contribution in [0.25, 0.3) is 0 Å². The first-order chi connectivity index (χ1) is 6.74. The Kier molecular flexibility index (Phi) is 13.0. The topological polar surface area (TPSA) is 65.7 Å². The van der Waals surface area contributed by atoms with E-state index in [9.17, 15) is 0 Å².